The molecule has 1 aliphatic rings. The molecule has 0 aromatic heterocycles. The second-order valence-electron chi connectivity index (χ2n) is 6.90. The van der Waals surface area contributed by atoms with Crippen molar-refractivity contribution in [3.63, 3.8) is 0 Å². The maximum Gasteiger partial charge on any atom is 0.0504 e. The van der Waals surface area contributed by atoms with Crippen molar-refractivity contribution in [1.29, 1.82) is 0 Å². The molecule has 1 aromatic rings. The van der Waals surface area contributed by atoms with E-state index >= 15 is 0 Å². The lowest BCUT2D eigenvalue weighted by Gasteiger charge is -2.45. The normalized spacial score (nSPS) is 19.2. The minimum Gasteiger partial charge on any atom is -0.309 e. The van der Waals surface area contributed by atoms with Crippen LogP contribution in [0.15, 0.2) is 24.3 Å². The van der Waals surface area contributed by atoms with Crippen LogP contribution in [0.3, 0.4) is 0 Å². The summed E-state index contributed by atoms with van der Waals surface area (Å²) in [5, 5.41) is 3.76. The Morgan fingerprint density at radius 1 is 1.10 bits per heavy atom. The molecule has 1 fully saturated rings. The minimum atomic E-state index is 0.145. The van der Waals surface area contributed by atoms with E-state index in [2.05, 4.69) is 62.2 Å². The fourth-order valence-corrected chi connectivity index (χ4v) is 3.68. The number of hydrogen-bond donors (Lipinski definition) is 1. The second-order valence-corrected chi connectivity index (χ2v) is 6.90. The van der Waals surface area contributed by atoms with E-state index in [1.165, 1.54) is 49.9 Å². The van der Waals surface area contributed by atoms with Gasteiger partial charge in [-0.15, -0.1) is 0 Å². The van der Waals surface area contributed by atoms with E-state index in [0.717, 1.165) is 6.54 Å². The van der Waals surface area contributed by atoms with Crippen molar-refractivity contribution >= 4 is 0 Å². The Balaban J connectivity index is 2.28. The number of likely N-dealkylation sites (tertiary alicyclic amines) is 1. The Morgan fingerprint density at radius 3 is 2.29 bits per heavy atom. The predicted molar refractivity (Wildman–Crippen MR) is 91.7 cm³/mol. The Labute approximate surface area is 130 Å². The third kappa shape index (κ3) is 3.87. The van der Waals surface area contributed by atoms with Crippen molar-refractivity contribution in [1.82, 2.24) is 10.2 Å². The van der Waals surface area contributed by atoms with Gasteiger partial charge in [0.15, 0.2) is 0 Å². The summed E-state index contributed by atoms with van der Waals surface area (Å²) in [7, 11) is 0. The van der Waals surface area contributed by atoms with Crippen LogP contribution in [0.1, 0.15) is 63.6 Å². The lowest BCUT2D eigenvalue weighted by molar-refractivity contribution is 0.0838. The largest absolute Gasteiger partial charge is 0.309 e. The lowest BCUT2D eigenvalue weighted by Crippen LogP contribution is -2.53. The third-order valence-electron chi connectivity index (χ3n) is 5.04. The Hall–Kier alpha value is -0.860. The summed E-state index contributed by atoms with van der Waals surface area (Å²) in [6, 6.07) is 9.23. The smallest absolute Gasteiger partial charge is 0.0504 e. The molecule has 21 heavy (non-hydrogen) atoms. The van der Waals surface area contributed by atoms with Crippen molar-refractivity contribution < 1.29 is 0 Å². The van der Waals surface area contributed by atoms with E-state index in [4.69, 9.17) is 0 Å². The maximum atomic E-state index is 3.76. The summed E-state index contributed by atoms with van der Waals surface area (Å²) >= 11 is 0. The summed E-state index contributed by atoms with van der Waals surface area (Å²) < 4.78 is 0. The van der Waals surface area contributed by atoms with Gasteiger partial charge in [-0.05, 0) is 64.4 Å². The molecule has 0 radical (unpaired) electrons. The molecule has 0 amide bonds. The molecule has 2 rings (SSSR count). The molecule has 1 aliphatic heterocycles. The first kappa shape index (κ1) is 16.5. The fourth-order valence-electron chi connectivity index (χ4n) is 3.68. The van der Waals surface area contributed by atoms with E-state index in [1.54, 1.807) is 0 Å². The van der Waals surface area contributed by atoms with Crippen molar-refractivity contribution in [2.75, 3.05) is 19.6 Å². The van der Waals surface area contributed by atoms with Gasteiger partial charge in [-0.2, -0.15) is 0 Å². The van der Waals surface area contributed by atoms with Gasteiger partial charge in [0, 0.05) is 5.54 Å². The number of benzene rings is 1. The lowest BCUT2D eigenvalue weighted by atomic mass is 9.84. The molecule has 1 atom stereocenters. The highest BCUT2D eigenvalue weighted by Gasteiger charge is 2.36. The molecule has 0 bridgehead atoms. The standard InChI is InChI=1S/C19H32N2/c1-5-20-18(17-13-9-8-12-16(17)2)19(3,4)21-14-10-6-7-11-15-21/h8-9,12-13,18,20H,5-7,10-11,14-15H2,1-4H3. The molecular formula is C19H32N2. The van der Waals surface area contributed by atoms with Crippen LogP contribution in [-0.2, 0) is 0 Å². The SMILES string of the molecule is CCNC(c1ccccc1C)C(C)(C)N1CCCCCC1. The van der Waals surface area contributed by atoms with Gasteiger partial charge >= 0.3 is 0 Å². The topological polar surface area (TPSA) is 15.3 Å². The van der Waals surface area contributed by atoms with Gasteiger partial charge in [0.1, 0.15) is 0 Å². The average molecular weight is 288 g/mol. The van der Waals surface area contributed by atoms with Crippen molar-refractivity contribution in [3.8, 4) is 0 Å². The van der Waals surface area contributed by atoms with Crippen molar-refractivity contribution in [2.24, 2.45) is 0 Å². The first-order chi connectivity index (χ1) is 10.1. The summed E-state index contributed by atoms with van der Waals surface area (Å²) in [6.07, 6.45) is 5.47. The van der Waals surface area contributed by atoms with Crippen LogP contribution in [-0.4, -0.2) is 30.1 Å². The third-order valence-corrected chi connectivity index (χ3v) is 5.04. The molecule has 1 saturated heterocycles. The zero-order valence-corrected chi connectivity index (χ0v) is 14.3. The summed E-state index contributed by atoms with van der Waals surface area (Å²) in [4.78, 5) is 2.71. The minimum absolute atomic E-state index is 0.145. The average Bonchev–Trinajstić information content (AvgIpc) is 2.75. The molecule has 0 saturated carbocycles. The number of nitrogens with one attached hydrogen (secondary N) is 1. The van der Waals surface area contributed by atoms with Gasteiger partial charge in [-0.25, -0.2) is 0 Å². The number of rotatable bonds is 5. The molecule has 0 aliphatic carbocycles. The summed E-state index contributed by atoms with van der Waals surface area (Å²) in [5.41, 5.74) is 2.99. The molecule has 1 heterocycles. The Morgan fingerprint density at radius 2 is 1.71 bits per heavy atom. The molecular weight excluding hydrogens is 256 g/mol. The van der Waals surface area contributed by atoms with Crippen LogP contribution in [0.4, 0.5) is 0 Å². The first-order valence-electron chi connectivity index (χ1n) is 8.61. The quantitative estimate of drug-likeness (QED) is 0.869. The Kier molecular flexibility index (Phi) is 5.83. The van der Waals surface area contributed by atoms with Gasteiger partial charge in [-0.3, -0.25) is 4.90 Å². The van der Waals surface area contributed by atoms with E-state index in [-0.39, 0.29) is 5.54 Å². The van der Waals surface area contributed by atoms with Gasteiger partial charge in [0.05, 0.1) is 6.04 Å². The first-order valence-corrected chi connectivity index (χ1v) is 8.61. The van der Waals surface area contributed by atoms with Crippen LogP contribution in [0, 0.1) is 6.92 Å². The highest BCUT2D eigenvalue weighted by Crippen LogP contribution is 2.34. The molecule has 0 spiro atoms. The monoisotopic (exact) mass is 288 g/mol. The van der Waals surface area contributed by atoms with Crippen LogP contribution in [0.5, 0.6) is 0 Å². The number of nitrogens with zero attached hydrogens (tertiary/aromatic N) is 1. The van der Waals surface area contributed by atoms with Crippen LogP contribution >= 0.6 is 0 Å². The highest BCUT2D eigenvalue weighted by atomic mass is 15.2. The van der Waals surface area contributed by atoms with Crippen LogP contribution in [0.25, 0.3) is 0 Å². The highest BCUT2D eigenvalue weighted by molar-refractivity contribution is 5.31. The maximum absolute atomic E-state index is 3.76. The van der Waals surface area contributed by atoms with Crippen LogP contribution in [0.2, 0.25) is 0 Å². The fraction of sp³-hybridized carbons (Fsp3) is 0.684. The summed E-state index contributed by atoms with van der Waals surface area (Å²) in [6.45, 7) is 12.8. The number of likely N-dealkylation sites (N-methyl/N-ethyl adjacent to an activating group) is 1. The van der Waals surface area contributed by atoms with Gasteiger partial charge < -0.3 is 5.32 Å². The molecule has 118 valence electrons. The zero-order chi connectivity index (χ0) is 15.3. The van der Waals surface area contributed by atoms with Gasteiger partial charge in [0.2, 0.25) is 0 Å². The molecule has 1 unspecified atom stereocenters. The zero-order valence-electron chi connectivity index (χ0n) is 14.3. The predicted octanol–water partition coefficient (Wildman–Crippen LogP) is 4.30. The molecule has 1 aromatic carbocycles. The molecule has 1 N–H and O–H groups in total. The van der Waals surface area contributed by atoms with E-state index in [1.807, 2.05) is 0 Å². The van der Waals surface area contributed by atoms with Gasteiger partial charge in [0.25, 0.3) is 0 Å². The number of aryl methyl sites for hydroxylation is 1. The van der Waals surface area contributed by atoms with Gasteiger partial charge in [-0.1, -0.05) is 44.0 Å². The Bertz CT molecular complexity index is 431. The summed E-state index contributed by atoms with van der Waals surface area (Å²) in [5.74, 6) is 0. The van der Waals surface area contributed by atoms with E-state index < -0.39 is 0 Å². The second kappa shape index (κ2) is 7.42. The van der Waals surface area contributed by atoms with Crippen molar-refractivity contribution in [3.05, 3.63) is 35.4 Å². The van der Waals surface area contributed by atoms with E-state index in [9.17, 15) is 0 Å². The van der Waals surface area contributed by atoms with E-state index in [0.29, 0.717) is 6.04 Å². The molecule has 2 nitrogen and oxygen atoms in total. The van der Waals surface area contributed by atoms with Crippen LogP contribution < -0.4 is 5.32 Å². The van der Waals surface area contributed by atoms with Crippen molar-refractivity contribution in [2.45, 2.75) is 65.0 Å². The number of hydrogen-bond acceptors (Lipinski definition) is 2. The molecule has 2 heteroatoms.